The van der Waals surface area contributed by atoms with E-state index in [0.717, 1.165) is 26.0 Å². The van der Waals surface area contributed by atoms with E-state index in [-0.39, 0.29) is 0 Å². The van der Waals surface area contributed by atoms with Crippen molar-refractivity contribution in [3.63, 3.8) is 0 Å². The minimum absolute atomic E-state index is 0.709. The van der Waals surface area contributed by atoms with Crippen LogP contribution < -0.4 is 5.73 Å². The number of nitrogen functional groups attached to an aromatic ring is 1. The van der Waals surface area contributed by atoms with Crippen LogP contribution in [0.15, 0.2) is 51.2 Å². The molecule has 0 aliphatic rings. The Bertz CT molecular complexity index is 791. The third-order valence-corrected chi connectivity index (χ3v) is 4.15. The van der Waals surface area contributed by atoms with Crippen LogP contribution in [-0.2, 0) is 0 Å². The molecule has 2 aromatic heterocycles. The molecule has 0 aliphatic carbocycles. The number of rotatable bonds is 2. The lowest BCUT2D eigenvalue weighted by atomic mass is 10.2. The van der Waals surface area contributed by atoms with Crippen molar-refractivity contribution in [2.24, 2.45) is 0 Å². The Morgan fingerprint density at radius 2 is 2.05 bits per heavy atom. The number of halogens is 1. The summed E-state index contributed by atoms with van der Waals surface area (Å²) in [7, 11) is 0. The minimum Gasteiger partial charge on any atom is -0.398 e. The van der Waals surface area contributed by atoms with Crippen LogP contribution >= 0.6 is 27.7 Å². The van der Waals surface area contributed by atoms with Gasteiger partial charge < -0.3 is 5.73 Å². The van der Waals surface area contributed by atoms with Gasteiger partial charge in [-0.3, -0.25) is 4.98 Å². The summed E-state index contributed by atoms with van der Waals surface area (Å²) in [6.45, 7) is 1.95. The zero-order valence-corrected chi connectivity index (χ0v) is 13.1. The van der Waals surface area contributed by atoms with Gasteiger partial charge in [-0.25, -0.2) is 9.97 Å². The Hall–Kier alpha value is -1.66. The summed E-state index contributed by atoms with van der Waals surface area (Å²) in [4.78, 5) is 14.1. The second kappa shape index (κ2) is 5.38. The number of pyridine rings is 1. The van der Waals surface area contributed by atoms with Crippen LogP contribution in [0.3, 0.4) is 0 Å². The molecule has 0 unspecified atom stereocenters. The third kappa shape index (κ3) is 2.62. The molecule has 100 valence electrons. The zero-order chi connectivity index (χ0) is 14.1. The van der Waals surface area contributed by atoms with Gasteiger partial charge in [-0.05, 0) is 58.9 Å². The first-order chi connectivity index (χ1) is 9.63. The highest BCUT2D eigenvalue weighted by atomic mass is 79.9. The number of aryl methyl sites for hydroxylation is 1. The topological polar surface area (TPSA) is 64.7 Å². The Morgan fingerprint density at radius 3 is 2.85 bits per heavy atom. The number of nitrogens with two attached hydrogens (primary N) is 1. The van der Waals surface area contributed by atoms with Crippen LogP contribution in [0.2, 0.25) is 0 Å². The maximum Gasteiger partial charge on any atom is 0.192 e. The average molecular weight is 347 g/mol. The monoisotopic (exact) mass is 346 g/mol. The molecule has 0 radical (unpaired) electrons. The Morgan fingerprint density at radius 1 is 1.20 bits per heavy atom. The molecule has 1 aromatic carbocycles. The molecule has 2 heterocycles. The van der Waals surface area contributed by atoms with E-state index in [9.17, 15) is 0 Å². The predicted octanol–water partition coefficient (Wildman–Crippen LogP) is 3.83. The van der Waals surface area contributed by atoms with Gasteiger partial charge in [0, 0.05) is 38.5 Å². The Balaban J connectivity index is 2.10. The number of nitrogens with zero attached hydrogens (tertiary/aromatic N) is 3. The van der Waals surface area contributed by atoms with Crippen molar-refractivity contribution in [1.82, 2.24) is 15.0 Å². The number of fused-ring (bicyclic) bond motifs is 1. The fourth-order valence-corrected chi connectivity index (χ4v) is 3.07. The second-order valence-corrected chi connectivity index (χ2v) is 6.21. The third-order valence-electron chi connectivity index (χ3n) is 2.79. The summed E-state index contributed by atoms with van der Waals surface area (Å²) in [5.41, 5.74) is 8.53. The molecule has 0 aliphatic heterocycles. The lowest BCUT2D eigenvalue weighted by Gasteiger charge is -2.07. The van der Waals surface area contributed by atoms with Gasteiger partial charge in [0.25, 0.3) is 0 Å². The smallest absolute Gasteiger partial charge is 0.192 e. The van der Waals surface area contributed by atoms with Gasteiger partial charge in [-0.15, -0.1) is 0 Å². The number of hydrogen-bond donors (Lipinski definition) is 1. The average Bonchev–Trinajstić information content (AvgIpc) is 2.42. The Kier molecular flexibility index (Phi) is 3.58. The summed E-state index contributed by atoms with van der Waals surface area (Å²) in [6, 6.07) is 7.68. The van der Waals surface area contributed by atoms with Crippen LogP contribution in [0.4, 0.5) is 5.69 Å². The number of aromatic nitrogens is 3. The van der Waals surface area contributed by atoms with Crippen molar-refractivity contribution in [2.75, 3.05) is 5.73 Å². The van der Waals surface area contributed by atoms with Crippen LogP contribution in [0.25, 0.3) is 10.9 Å². The SMILES string of the molecule is Cc1ccnc(Sc2ccc(N)c3cc(Br)cnc23)n1. The van der Waals surface area contributed by atoms with Gasteiger partial charge in [0.05, 0.1) is 5.52 Å². The van der Waals surface area contributed by atoms with Gasteiger partial charge in [0.2, 0.25) is 0 Å². The van der Waals surface area contributed by atoms with Crippen LogP contribution in [-0.4, -0.2) is 15.0 Å². The summed E-state index contributed by atoms with van der Waals surface area (Å²) < 4.78 is 0.908. The van der Waals surface area contributed by atoms with E-state index in [1.165, 1.54) is 11.8 Å². The van der Waals surface area contributed by atoms with Crippen molar-refractivity contribution < 1.29 is 0 Å². The van der Waals surface area contributed by atoms with E-state index < -0.39 is 0 Å². The molecule has 0 amide bonds. The minimum atomic E-state index is 0.709. The predicted molar refractivity (Wildman–Crippen MR) is 84.7 cm³/mol. The largest absolute Gasteiger partial charge is 0.398 e. The number of hydrogen-bond acceptors (Lipinski definition) is 5. The molecule has 2 N–H and O–H groups in total. The molecular weight excluding hydrogens is 336 g/mol. The van der Waals surface area contributed by atoms with E-state index in [1.54, 1.807) is 12.4 Å². The lowest BCUT2D eigenvalue weighted by molar-refractivity contribution is 0.932. The molecule has 0 saturated heterocycles. The first kappa shape index (κ1) is 13.3. The molecule has 0 saturated carbocycles. The van der Waals surface area contributed by atoms with Gasteiger partial charge in [0.1, 0.15) is 0 Å². The van der Waals surface area contributed by atoms with Crippen molar-refractivity contribution in [3.8, 4) is 0 Å². The number of benzene rings is 1. The van der Waals surface area contributed by atoms with Crippen molar-refractivity contribution >= 4 is 44.3 Å². The first-order valence-electron chi connectivity index (χ1n) is 5.95. The molecule has 20 heavy (non-hydrogen) atoms. The first-order valence-corrected chi connectivity index (χ1v) is 7.55. The lowest BCUT2D eigenvalue weighted by Crippen LogP contribution is -1.92. The van der Waals surface area contributed by atoms with Gasteiger partial charge in [-0.2, -0.15) is 0 Å². The molecule has 3 aromatic rings. The summed E-state index contributed by atoms with van der Waals surface area (Å²) in [5.74, 6) is 0. The van der Waals surface area contributed by atoms with E-state index >= 15 is 0 Å². The fraction of sp³-hybridized carbons (Fsp3) is 0.0714. The van der Waals surface area contributed by atoms with E-state index in [2.05, 4.69) is 30.9 Å². The molecule has 4 nitrogen and oxygen atoms in total. The van der Waals surface area contributed by atoms with E-state index in [4.69, 9.17) is 5.73 Å². The van der Waals surface area contributed by atoms with Crippen molar-refractivity contribution in [1.29, 1.82) is 0 Å². The van der Waals surface area contributed by atoms with E-state index in [1.807, 2.05) is 31.2 Å². The molecule has 0 fully saturated rings. The maximum atomic E-state index is 6.01. The molecule has 3 rings (SSSR count). The highest BCUT2D eigenvalue weighted by molar-refractivity contribution is 9.10. The van der Waals surface area contributed by atoms with Gasteiger partial charge in [0.15, 0.2) is 5.16 Å². The van der Waals surface area contributed by atoms with Crippen molar-refractivity contribution in [2.45, 2.75) is 17.0 Å². The standard InChI is InChI=1S/C14H11BrN4S/c1-8-4-5-17-14(19-8)20-12-3-2-11(16)10-6-9(15)7-18-13(10)12/h2-7H,16H2,1H3. The van der Waals surface area contributed by atoms with Crippen molar-refractivity contribution in [3.05, 3.63) is 46.8 Å². The summed E-state index contributed by atoms with van der Waals surface area (Å²) in [6.07, 6.45) is 3.52. The van der Waals surface area contributed by atoms with Crippen LogP contribution in [0.1, 0.15) is 5.69 Å². The normalized spacial score (nSPS) is 10.9. The second-order valence-electron chi connectivity index (χ2n) is 4.29. The van der Waals surface area contributed by atoms with Crippen LogP contribution in [0.5, 0.6) is 0 Å². The molecule has 0 bridgehead atoms. The molecule has 0 atom stereocenters. The van der Waals surface area contributed by atoms with Gasteiger partial charge >= 0.3 is 0 Å². The quantitative estimate of drug-likeness (QED) is 0.564. The molecular formula is C14H11BrN4S. The zero-order valence-electron chi connectivity index (χ0n) is 10.7. The molecule has 6 heteroatoms. The maximum absolute atomic E-state index is 6.01. The summed E-state index contributed by atoms with van der Waals surface area (Å²) in [5, 5.41) is 1.64. The van der Waals surface area contributed by atoms with Gasteiger partial charge in [-0.1, -0.05) is 0 Å². The van der Waals surface area contributed by atoms with E-state index in [0.29, 0.717) is 10.8 Å². The van der Waals surface area contributed by atoms with Crippen LogP contribution in [0, 0.1) is 6.92 Å². The fourth-order valence-electron chi connectivity index (χ4n) is 1.85. The summed E-state index contributed by atoms with van der Waals surface area (Å²) >= 11 is 4.91. The Labute approximate surface area is 129 Å². The molecule has 0 spiro atoms. The number of anilines is 1. The highest BCUT2D eigenvalue weighted by Crippen LogP contribution is 2.34. The highest BCUT2D eigenvalue weighted by Gasteiger charge is 2.09.